The van der Waals surface area contributed by atoms with E-state index in [1.807, 2.05) is 6.92 Å². The zero-order chi connectivity index (χ0) is 21.1. The lowest BCUT2D eigenvalue weighted by molar-refractivity contribution is 0.0465. The highest BCUT2D eigenvalue weighted by Gasteiger charge is 2.22. The Bertz CT molecular complexity index is 1070. The second kappa shape index (κ2) is 8.40. The summed E-state index contributed by atoms with van der Waals surface area (Å²) in [5.41, 5.74) is 7.71. The number of aromatic nitrogens is 3. The van der Waals surface area contributed by atoms with Crippen LogP contribution in [0.3, 0.4) is 0 Å². The van der Waals surface area contributed by atoms with E-state index in [4.69, 9.17) is 26.8 Å². The number of anilines is 1. The first-order valence-electron chi connectivity index (χ1n) is 8.57. The molecule has 0 aliphatic carbocycles. The number of nitrogen functional groups attached to an aromatic ring is 1. The van der Waals surface area contributed by atoms with Gasteiger partial charge in [0.2, 0.25) is 0 Å². The molecule has 3 rings (SSSR count). The molecule has 0 unspecified atom stereocenters. The number of esters is 1. The van der Waals surface area contributed by atoms with E-state index >= 15 is 0 Å². The summed E-state index contributed by atoms with van der Waals surface area (Å²) in [7, 11) is 1.36. The van der Waals surface area contributed by atoms with Gasteiger partial charge in [0.05, 0.1) is 12.7 Å². The van der Waals surface area contributed by atoms with Gasteiger partial charge in [-0.15, -0.1) is 0 Å². The van der Waals surface area contributed by atoms with Crippen molar-refractivity contribution in [2.75, 3.05) is 12.8 Å². The van der Waals surface area contributed by atoms with E-state index in [-0.39, 0.29) is 40.3 Å². The number of nitrogens with two attached hydrogens (primary N) is 1. The standard InChI is InChI=1S/C20H18ClFN4O3/c1-10-4-7-13(15(22)17(10)28-3)19-25-16(14(21)18(23)26-19)20(27)29-9-12-6-5-11(2)24-8-12/h4-8H,9H2,1-3H3,(H2,23,25,26). The smallest absolute Gasteiger partial charge is 0.359 e. The Morgan fingerprint density at radius 2 is 1.97 bits per heavy atom. The number of methoxy groups -OCH3 is 1. The SMILES string of the molecule is COc1c(C)ccc(-c2nc(N)c(Cl)c(C(=O)OCc3ccc(C)nc3)n2)c1F. The number of carbonyl (C=O) groups excluding carboxylic acids is 1. The van der Waals surface area contributed by atoms with Crippen LogP contribution in [0.15, 0.2) is 30.5 Å². The predicted molar refractivity (Wildman–Crippen MR) is 106 cm³/mol. The molecular formula is C20H18ClFN4O3. The van der Waals surface area contributed by atoms with Crippen molar-refractivity contribution in [2.45, 2.75) is 20.5 Å². The van der Waals surface area contributed by atoms with Crippen LogP contribution in [0.2, 0.25) is 5.02 Å². The van der Waals surface area contributed by atoms with Crippen molar-refractivity contribution in [2.24, 2.45) is 0 Å². The average Bonchev–Trinajstić information content (AvgIpc) is 2.70. The molecule has 0 aliphatic rings. The largest absolute Gasteiger partial charge is 0.493 e. The van der Waals surface area contributed by atoms with Crippen LogP contribution in [0.1, 0.15) is 27.3 Å². The summed E-state index contributed by atoms with van der Waals surface area (Å²) >= 11 is 6.09. The fourth-order valence-electron chi connectivity index (χ4n) is 2.60. The second-order valence-electron chi connectivity index (χ2n) is 6.26. The van der Waals surface area contributed by atoms with Crippen molar-refractivity contribution < 1.29 is 18.7 Å². The predicted octanol–water partition coefficient (Wildman–Crippen LogP) is 3.90. The fourth-order valence-corrected chi connectivity index (χ4v) is 2.76. The Kier molecular flexibility index (Phi) is 5.93. The molecule has 0 radical (unpaired) electrons. The summed E-state index contributed by atoms with van der Waals surface area (Å²) in [5.74, 6) is -1.70. The highest BCUT2D eigenvalue weighted by molar-refractivity contribution is 6.35. The van der Waals surface area contributed by atoms with Crippen molar-refractivity contribution >= 4 is 23.4 Å². The number of hydrogen-bond donors (Lipinski definition) is 1. The summed E-state index contributed by atoms with van der Waals surface area (Å²) in [4.78, 5) is 24.7. The summed E-state index contributed by atoms with van der Waals surface area (Å²) in [5, 5.41) is -0.166. The van der Waals surface area contributed by atoms with Crippen molar-refractivity contribution in [1.29, 1.82) is 0 Å². The summed E-state index contributed by atoms with van der Waals surface area (Å²) < 4.78 is 25.1. The quantitative estimate of drug-likeness (QED) is 0.629. The minimum Gasteiger partial charge on any atom is -0.493 e. The van der Waals surface area contributed by atoms with Gasteiger partial charge in [0.25, 0.3) is 0 Å². The summed E-state index contributed by atoms with van der Waals surface area (Å²) in [6.45, 7) is 3.51. The van der Waals surface area contributed by atoms with E-state index in [9.17, 15) is 9.18 Å². The molecular weight excluding hydrogens is 399 g/mol. The molecule has 0 amide bonds. The first-order valence-corrected chi connectivity index (χ1v) is 8.94. The minimum absolute atomic E-state index is 0.0209. The van der Waals surface area contributed by atoms with Crippen LogP contribution >= 0.6 is 11.6 Å². The van der Waals surface area contributed by atoms with Crippen LogP contribution in [0.4, 0.5) is 10.2 Å². The molecule has 2 heterocycles. The first-order chi connectivity index (χ1) is 13.8. The average molecular weight is 417 g/mol. The normalized spacial score (nSPS) is 10.7. The van der Waals surface area contributed by atoms with Gasteiger partial charge < -0.3 is 15.2 Å². The number of pyridine rings is 1. The van der Waals surface area contributed by atoms with Gasteiger partial charge in [-0.25, -0.2) is 19.2 Å². The van der Waals surface area contributed by atoms with Crippen molar-refractivity contribution in [1.82, 2.24) is 15.0 Å². The molecule has 0 saturated heterocycles. The molecule has 0 spiro atoms. The Morgan fingerprint density at radius 3 is 2.62 bits per heavy atom. The highest BCUT2D eigenvalue weighted by atomic mass is 35.5. The highest BCUT2D eigenvalue weighted by Crippen LogP contribution is 2.32. The zero-order valence-electron chi connectivity index (χ0n) is 16.0. The van der Waals surface area contributed by atoms with Crippen LogP contribution < -0.4 is 10.5 Å². The molecule has 0 fully saturated rings. The molecule has 7 nitrogen and oxygen atoms in total. The number of benzene rings is 1. The number of ether oxygens (including phenoxy) is 2. The second-order valence-corrected chi connectivity index (χ2v) is 6.63. The van der Waals surface area contributed by atoms with Crippen LogP contribution in [-0.2, 0) is 11.3 Å². The molecule has 2 aromatic heterocycles. The van der Waals surface area contributed by atoms with Gasteiger partial charge in [-0.3, -0.25) is 4.98 Å². The van der Waals surface area contributed by atoms with Crippen LogP contribution in [0, 0.1) is 19.7 Å². The topological polar surface area (TPSA) is 100 Å². The minimum atomic E-state index is -0.814. The number of aryl methyl sites for hydroxylation is 2. The van der Waals surface area contributed by atoms with Crippen molar-refractivity contribution in [3.05, 3.63) is 63.8 Å². The maximum atomic E-state index is 14.8. The number of hydrogen-bond acceptors (Lipinski definition) is 7. The summed E-state index contributed by atoms with van der Waals surface area (Å²) in [6, 6.07) is 6.70. The fraction of sp³-hybridized carbons (Fsp3) is 0.200. The van der Waals surface area contributed by atoms with Gasteiger partial charge in [0, 0.05) is 17.5 Å². The third-order valence-corrected chi connectivity index (χ3v) is 4.52. The van der Waals surface area contributed by atoms with E-state index in [0.29, 0.717) is 11.1 Å². The lowest BCUT2D eigenvalue weighted by Crippen LogP contribution is -2.12. The molecule has 150 valence electrons. The Morgan fingerprint density at radius 1 is 1.21 bits per heavy atom. The molecule has 2 N–H and O–H groups in total. The zero-order valence-corrected chi connectivity index (χ0v) is 16.7. The van der Waals surface area contributed by atoms with Crippen LogP contribution in [0.5, 0.6) is 5.75 Å². The van der Waals surface area contributed by atoms with E-state index in [2.05, 4.69) is 15.0 Å². The van der Waals surface area contributed by atoms with Gasteiger partial charge >= 0.3 is 5.97 Å². The monoisotopic (exact) mass is 416 g/mol. The van der Waals surface area contributed by atoms with Crippen LogP contribution in [0.25, 0.3) is 11.4 Å². The lowest BCUT2D eigenvalue weighted by atomic mass is 10.1. The molecule has 0 atom stereocenters. The molecule has 1 aromatic carbocycles. The van der Waals surface area contributed by atoms with Gasteiger partial charge in [-0.1, -0.05) is 23.7 Å². The van der Waals surface area contributed by atoms with E-state index < -0.39 is 11.8 Å². The van der Waals surface area contributed by atoms with E-state index in [1.165, 1.54) is 13.2 Å². The number of nitrogens with zero attached hydrogens (tertiary/aromatic N) is 3. The number of rotatable bonds is 5. The van der Waals surface area contributed by atoms with Gasteiger partial charge in [-0.05, 0) is 31.5 Å². The maximum Gasteiger partial charge on any atom is 0.359 e. The number of carbonyl (C=O) groups is 1. The number of halogens is 2. The van der Waals surface area contributed by atoms with Crippen LogP contribution in [-0.4, -0.2) is 28.0 Å². The maximum absolute atomic E-state index is 14.8. The Hall–Kier alpha value is -3.26. The van der Waals surface area contributed by atoms with Crippen molar-refractivity contribution in [3.63, 3.8) is 0 Å². The molecule has 3 aromatic rings. The van der Waals surface area contributed by atoms with Gasteiger partial charge in [0.1, 0.15) is 17.4 Å². The van der Waals surface area contributed by atoms with Gasteiger partial charge in [0.15, 0.2) is 23.1 Å². The molecule has 0 bridgehead atoms. The van der Waals surface area contributed by atoms with Gasteiger partial charge in [-0.2, -0.15) is 0 Å². The molecule has 29 heavy (non-hydrogen) atoms. The van der Waals surface area contributed by atoms with E-state index in [1.54, 1.807) is 31.3 Å². The third kappa shape index (κ3) is 4.27. The first kappa shape index (κ1) is 20.5. The molecule has 9 heteroatoms. The summed E-state index contributed by atoms with van der Waals surface area (Å²) in [6.07, 6.45) is 1.60. The molecule has 0 saturated carbocycles. The van der Waals surface area contributed by atoms with E-state index in [0.717, 1.165) is 5.69 Å². The Labute approximate surface area is 171 Å². The Balaban J connectivity index is 1.93. The molecule has 0 aliphatic heterocycles. The third-order valence-electron chi connectivity index (χ3n) is 4.15. The van der Waals surface area contributed by atoms with Crippen molar-refractivity contribution in [3.8, 4) is 17.1 Å². The lowest BCUT2D eigenvalue weighted by Gasteiger charge is -2.12.